The number of hydrogen-bond acceptors (Lipinski definition) is 0. The Bertz CT molecular complexity index is 275. The summed E-state index contributed by atoms with van der Waals surface area (Å²) in [7, 11) is 0. The summed E-state index contributed by atoms with van der Waals surface area (Å²) in [5.41, 5.74) is 0. The molecule has 90 valence electrons. The van der Waals surface area contributed by atoms with Gasteiger partial charge in [0, 0.05) is 6.42 Å². The molecule has 0 aromatic rings. The third kappa shape index (κ3) is 1.42. The lowest BCUT2D eigenvalue weighted by Crippen LogP contribution is -2.69. The normalized spacial score (nSPS) is 42.6. The van der Waals surface area contributed by atoms with Crippen LogP contribution in [0, 0.1) is 0 Å². The van der Waals surface area contributed by atoms with Crippen LogP contribution < -0.4 is 0 Å². The van der Waals surface area contributed by atoms with E-state index in [-0.39, 0.29) is 0 Å². The van der Waals surface area contributed by atoms with Crippen LogP contribution in [0.15, 0.2) is 0 Å². The zero-order valence-corrected chi connectivity index (χ0v) is 8.20. The first-order valence-electron chi connectivity index (χ1n) is 3.53. The Morgan fingerprint density at radius 1 is 0.867 bits per heavy atom. The molecule has 0 N–H and O–H groups in total. The Morgan fingerprint density at radius 3 is 1.67 bits per heavy atom. The van der Waals surface area contributed by atoms with E-state index in [9.17, 15) is 30.7 Å². The van der Waals surface area contributed by atoms with Crippen LogP contribution in [-0.2, 0) is 0 Å². The van der Waals surface area contributed by atoms with Crippen molar-refractivity contribution < 1.29 is 30.7 Å². The molecule has 0 heterocycles. The molecule has 1 aliphatic rings. The second kappa shape index (κ2) is 3.06. The third-order valence-electron chi connectivity index (χ3n) is 2.10. The van der Waals surface area contributed by atoms with E-state index in [2.05, 4.69) is 11.6 Å². The van der Waals surface area contributed by atoms with E-state index in [4.69, 9.17) is 11.6 Å². The quantitative estimate of drug-likeness (QED) is 0.467. The molecular weight excluding hydrogens is 276 g/mol. The Labute approximate surface area is 89.3 Å². The van der Waals surface area contributed by atoms with Crippen LogP contribution in [0.4, 0.5) is 30.7 Å². The SMILES string of the molecule is FC1(F)CC(Cl)C(F)(Cl)C(F)(F)C1(F)F. The highest BCUT2D eigenvalue weighted by Gasteiger charge is 2.84. The standard InChI is InChI=1S/C6H3Cl2F7/c7-2-1-3(9,10)5(12,13)6(14,15)4(2,8)11/h2H,1H2. The van der Waals surface area contributed by atoms with Crippen LogP contribution in [0.25, 0.3) is 0 Å². The van der Waals surface area contributed by atoms with Gasteiger partial charge in [-0.2, -0.15) is 26.3 Å². The molecule has 0 nitrogen and oxygen atoms in total. The van der Waals surface area contributed by atoms with Crippen LogP contribution in [0.3, 0.4) is 0 Å². The number of rotatable bonds is 0. The molecular formula is C6H3Cl2F7. The van der Waals surface area contributed by atoms with Gasteiger partial charge in [0.15, 0.2) is 0 Å². The lowest BCUT2D eigenvalue weighted by molar-refractivity contribution is -0.352. The first-order valence-corrected chi connectivity index (χ1v) is 4.34. The Kier molecular flexibility index (Phi) is 2.68. The monoisotopic (exact) mass is 278 g/mol. The van der Waals surface area contributed by atoms with Gasteiger partial charge in [0.25, 0.3) is 5.13 Å². The summed E-state index contributed by atoms with van der Waals surface area (Å²) in [5.74, 6) is -16.7. The maximum absolute atomic E-state index is 13.0. The average molecular weight is 279 g/mol. The predicted octanol–water partition coefficient (Wildman–Crippen LogP) is 3.81. The summed E-state index contributed by atoms with van der Waals surface area (Å²) in [6, 6.07) is 0. The fraction of sp³-hybridized carbons (Fsp3) is 1.00. The largest absolute Gasteiger partial charge is 0.376 e. The fourth-order valence-corrected chi connectivity index (χ4v) is 1.64. The average Bonchev–Trinajstić information content (AvgIpc) is 2.00. The molecule has 15 heavy (non-hydrogen) atoms. The molecule has 2 atom stereocenters. The molecule has 0 aromatic heterocycles. The van der Waals surface area contributed by atoms with E-state index < -0.39 is 34.7 Å². The van der Waals surface area contributed by atoms with Gasteiger partial charge in [-0.1, -0.05) is 11.6 Å². The molecule has 1 fully saturated rings. The van der Waals surface area contributed by atoms with E-state index in [0.29, 0.717) is 0 Å². The first kappa shape index (κ1) is 13.2. The molecule has 0 amide bonds. The molecule has 0 aromatic carbocycles. The minimum atomic E-state index is -5.87. The number of alkyl halides is 9. The van der Waals surface area contributed by atoms with Crippen LogP contribution >= 0.6 is 23.2 Å². The maximum Gasteiger partial charge on any atom is 0.376 e. The Balaban J connectivity index is 3.30. The van der Waals surface area contributed by atoms with Gasteiger partial charge in [0.2, 0.25) is 0 Å². The molecule has 0 aliphatic heterocycles. The van der Waals surface area contributed by atoms with Gasteiger partial charge in [-0.05, 0) is 0 Å². The van der Waals surface area contributed by atoms with Crippen molar-refractivity contribution >= 4 is 23.2 Å². The highest BCUT2D eigenvalue weighted by atomic mass is 35.5. The summed E-state index contributed by atoms with van der Waals surface area (Å²) in [6.45, 7) is 0. The first-order chi connectivity index (χ1) is 6.38. The highest BCUT2D eigenvalue weighted by molar-refractivity contribution is 6.32. The zero-order chi connectivity index (χ0) is 12.3. The van der Waals surface area contributed by atoms with Crippen molar-refractivity contribution in [2.24, 2.45) is 0 Å². The molecule has 1 rings (SSSR count). The molecule has 0 bridgehead atoms. The molecule has 0 radical (unpaired) electrons. The van der Waals surface area contributed by atoms with Crippen LogP contribution in [0.2, 0.25) is 0 Å². The van der Waals surface area contributed by atoms with Crippen molar-refractivity contribution in [1.82, 2.24) is 0 Å². The van der Waals surface area contributed by atoms with Crippen molar-refractivity contribution in [2.45, 2.75) is 34.7 Å². The Hall–Kier alpha value is 0.0900. The van der Waals surface area contributed by atoms with E-state index >= 15 is 0 Å². The van der Waals surface area contributed by atoms with E-state index in [1.54, 1.807) is 0 Å². The van der Waals surface area contributed by atoms with Gasteiger partial charge < -0.3 is 0 Å². The smallest absolute Gasteiger partial charge is 0.218 e. The van der Waals surface area contributed by atoms with E-state index in [1.165, 1.54) is 0 Å². The highest BCUT2D eigenvalue weighted by Crippen LogP contribution is 2.61. The number of halogens is 9. The van der Waals surface area contributed by atoms with Gasteiger partial charge in [0.05, 0.1) is 5.38 Å². The minimum Gasteiger partial charge on any atom is -0.218 e. The Morgan fingerprint density at radius 2 is 1.27 bits per heavy atom. The molecule has 9 heteroatoms. The maximum atomic E-state index is 13.0. The topological polar surface area (TPSA) is 0 Å². The summed E-state index contributed by atoms with van der Waals surface area (Å²) < 4.78 is 88.5. The van der Waals surface area contributed by atoms with Crippen molar-refractivity contribution in [2.75, 3.05) is 0 Å². The third-order valence-corrected chi connectivity index (χ3v) is 3.17. The van der Waals surface area contributed by atoms with Crippen LogP contribution in [0.5, 0.6) is 0 Å². The van der Waals surface area contributed by atoms with Gasteiger partial charge in [0.1, 0.15) is 0 Å². The molecule has 1 aliphatic carbocycles. The zero-order valence-electron chi connectivity index (χ0n) is 6.69. The van der Waals surface area contributed by atoms with Gasteiger partial charge in [-0.25, -0.2) is 4.39 Å². The minimum absolute atomic E-state index is 1.96. The fourth-order valence-electron chi connectivity index (χ4n) is 1.12. The molecule has 0 spiro atoms. The lowest BCUT2D eigenvalue weighted by Gasteiger charge is -2.44. The van der Waals surface area contributed by atoms with Crippen molar-refractivity contribution in [3.8, 4) is 0 Å². The summed E-state index contributed by atoms with van der Waals surface area (Å²) >= 11 is 9.27. The van der Waals surface area contributed by atoms with E-state index in [0.717, 1.165) is 0 Å². The lowest BCUT2D eigenvalue weighted by atomic mass is 9.86. The van der Waals surface area contributed by atoms with E-state index in [1.807, 2.05) is 0 Å². The summed E-state index contributed by atoms with van der Waals surface area (Å²) in [5, 5.41) is -7.01. The van der Waals surface area contributed by atoms with Crippen molar-refractivity contribution in [1.29, 1.82) is 0 Å². The van der Waals surface area contributed by atoms with Gasteiger partial charge in [-0.3, -0.25) is 0 Å². The molecule has 0 saturated heterocycles. The molecule has 1 saturated carbocycles. The second-order valence-corrected chi connectivity index (χ2v) is 4.22. The second-order valence-electron chi connectivity index (χ2n) is 3.15. The summed E-state index contributed by atoms with van der Waals surface area (Å²) in [6.07, 6.45) is -1.96. The van der Waals surface area contributed by atoms with Crippen LogP contribution in [-0.4, -0.2) is 28.3 Å². The molecule has 2 unspecified atom stereocenters. The van der Waals surface area contributed by atoms with Crippen molar-refractivity contribution in [3.63, 3.8) is 0 Å². The van der Waals surface area contributed by atoms with Crippen LogP contribution in [0.1, 0.15) is 6.42 Å². The van der Waals surface area contributed by atoms with Crippen molar-refractivity contribution in [3.05, 3.63) is 0 Å². The van der Waals surface area contributed by atoms with Gasteiger partial charge >= 0.3 is 17.8 Å². The van der Waals surface area contributed by atoms with Gasteiger partial charge in [-0.15, -0.1) is 11.6 Å². The summed E-state index contributed by atoms with van der Waals surface area (Å²) in [4.78, 5) is 0. The number of hydrogen-bond donors (Lipinski definition) is 0. The predicted molar refractivity (Wildman–Crippen MR) is 38.8 cm³/mol.